The predicted molar refractivity (Wildman–Crippen MR) is 54.0 cm³/mol. The smallest absolute Gasteiger partial charge is 0.222 e. The van der Waals surface area contributed by atoms with E-state index in [-0.39, 0.29) is 17.5 Å². The van der Waals surface area contributed by atoms with Crippen LogP contribution < -0.4 is 10.6 Å². The quantitative estimate of drug-likeness (QED) is 0.642. The van der Waals surface area contributed by atoms with Crippen molar-refractivity contribution in [3.63, 3.8) is 0 Å². The summed E-state index contributed by atoms with van der Waals surface area (Å²) in [6.07, 6.45) is 0.661. The molecule has 2 N–H and O–H groups in total. The minimum absolute atomic E-state index is 0.0618. The molecular formula is C11H12N2O. The molecule has 2 aliphatic rings. The van der Waals surface area contributed by atoms with Gasteiger partial charge in [0.15, 0.2) is 0 Å². The van der Waals surface area contributed by atoms with Gasteiger partial charge in [0.2, 0.25) is 5.91 Å². The van der Waals surface area contributed by atoms with Gasteiger partial charge >= 0.3 is 0 Å². The lowest BCUT2D eigenvalue weighted by Gasteiger charge is -2.21. The minimum Gasteiger partial charge on any atom is -0.364 e. The molecule has 1 aromatic rings. The highest BCUT2D eigenvalue weighted by Crippen LogP contribution is 2.44. The Morgan fingerprint density at radius 1 is 1.36 bits per heavy atom. The predicted octanol–water partition coefficient (Wildman–Crippen LogP) is 1.22. The van der Waals surface area contributed by atoms with Crippen molar-refractivity contribution in [1.82, 2.24) is 5.32 Å². The van der Waals surface area contributed by atoms with E-state index in [1.807, 2.05) is 12.1 Å². The zero-order valence-electron chi connectivity index (χ0n) is 8.00. The van der Waals surface area contributed by atoms with Gasteiger partial charge in [-0.25, -0.2) is 0 Å². The van der Waals surface area contributed by atoms with Gasteiger partial charge in [-0.1, -0.05) is 25.1 Å². The Bertz CT molecular complexity index is 416. The topological polar surface area (TPSA) is 41.1 Å². The van der Waals surface area contributed by atoms with E-state index < -0.39 is 0 Å². The second-order valence-electron chi connectivity index (χ2n) is 4.28. The van der Waals surface area contributed by atoms with Crippen molar-refractivity contribution in [2.24, 2.45) is 0 Å². The molecule has 0 radical (unpaired) electrons. The Kier molecular flexibility index (Phi) is 1.29. The van der Waals surface area contributed by atoms with E-state index >= 15 is 0 Å². The van der Waals surface area contributed by atoms with Crippen molar-refractivity contribution in [1.29, 1.82) is 0 Å². The largest absolute Gasteiger partial charge is 0.364 e. The van der Waals surface area contributed by atoms with Crippen LogP contribution in [0, 0.1) is 0 Å². The van der Waals surface area contributed by atoms with Gasteiger partial charge in [0.25, 0.3) is 0 Å². The zero-order chi connectivity index (χ0) is 9.76. The molecule has 3 heteroatoms. The Balaban J connectivity index is 2.15. The first-order valence-corrected chi connectivity index (χ1v) is 4.85. The van der Waals surface area contributed by atoms with Crippen LogP contribution in [-0.2, 0) is 10.2 Å². The minimum atomic E-state index is -0.0618. The van der Waals surface area contributed by atoms with Gasteiger partial charge in [-0.3, -0.25) is 4.79 Å². The molecule has 2 unspecified atom stereocenters. The summed E-state index contributed by atoms with van der Waals surface area (Å²) < 4.78 is 0. The van der Waals surface area contributed by atoms with Gasteiger partial charge in [0.1, 0.15) is 6.17 Å². The fourth-order valence-electron chi connectivity index (χ4n) is 2.52. The first-order valence-electron chi connectivity index (χ1n) is 4.85. The van der Waals surface area contributed by atoms with Gasteiger partial charge in [-0.05, 0) is 11.6 Å². The number of fused-ring (bicyclic) bond motifs is 3. The van der Waals surface area contributed by atoms with E-state index in [0.29, 0.717) is 6.42 Å². The van der Waals surface area contributed by atoms with Crippen LogP contribution in [-0.4, -0.2) is 12.1 Å². The van der Waals surface area contributed by atoms with E-state index in [2.05, 4.69) is 29.7 Å². The highest BCUT2D eigenvalue weighted by atomic mass is 16.2. The molecule has 0 bridgehead atoms. The summed E-state index contributed by atoms with van der Waals surface area (Å²) in [5, 5.41) is 6.29. The van der Waals surface area contributed by atoms with Crippen LogP contribution in [0.3, 0.4) is 0 Å². The lowest BCUT2D eigenvalue weighted by Crippen LogP contribution is -2.39. The van der Waals surface area contributed by atoms with Gasteiger partial charge in [-0.15, -0.1) is 0 Å². The number of anilines is 1. The van der Waals surface area contributed by atoms with Crippen molar-refractivity contribution < 1.29 is 4.79 Å². The van der Waals surface area contributed by atoms with Crippen molar-refractivity contribution in [2.45, 2.75) is 24.9 Å². The van der Waals surface area contributed by atoms with E-state index in [0.717, 1.165) is 5.69 Å². The molecule has 2 atom stereocenters. The first kappa shape index (κ1) is 7.85. The molecule has 0 saturated carbocycles. The molecule has 1 aromatic carbocycles. The lowest BCUT2D eigenvalue weighted by molar-refractivity contribution is -0.119. The average Bonchev–Trinajstić information content (AvgIpc) is 2.55. The van der Waals surface area contributed by atoms with Crippen LogP contribution in [0.5, 0.6) is 0 Å². The molecule has 1 amide bonds. The Morgan fingerprint density at radius 3 is 3.00 bits per heavy atom. The van der Waals surface area contributed by atoms with E-state index in [9.17, 15) is 4.79 Å². The normalized spacial score (nSPS) is 33.2. The fourth-order valence-corrected chi connectivity index (χ4v) is 2.52. The van der Waals surface area contributed by atoms with Crippen molar-refractivity contribution in [3.8, 4) is 0 Å². The molecule has 3 nitrogen and oxygen atoms in total. The molecule has 0 aliphatic carbocycles. The highest BCUT2D eigenvalue weighted by molar-refractivity contribution is 5.84. The van der Waals surface area contributed by atoms with E-state index in [1.54, 1.807) is 0 Å². The number of amides is 1. The number of carbonyl (C=O) groups excluding carboxylic acids is 1. The number of hydrogen-bond acceptors (Lipinski definition) is 2. The zero-order valence-corrected chi connectivity index (χ0v) is 8.00. The summed E-state index contributed by atoms with van der Waals surface area (Å²) in [6.45, 7) is 2.13. The Labute approximate surface area is 82.5 Å². The van der Waals surface area contributed by atoms with Crippen LogP contribution >= 0.6 is 0 Å². The van der Waals surface area contributed by atoms with Crippen molar-refractivity contribution in [3.05, 3.63) is 29.8 Å². The SMILES string of the molecule is CC12CC(=O)NC1Nc1ccccc12. The third kappa shape index (κ3) is 0.794. The molecule has 2 aliphatic heterocycles. The van der Waals surface area contributed by atoms with E-state index in [4.69, 9.17) is 0 Å². The lowest BCUT2D eigenvalue weighted by atomic mass is 9.81. The standard InChI is InChI=1S/C11H12N2O/c1-11-6-9(14)13-10(11)12-8-5-3-2-4-7(8)11/h2-5,10,12H,6H2,1H3,(H,13,14). The molecule has 72 valence electrons. The summed E-state index contributed by atoms with van der Waals surface area (Å²) in [5.74, 6) is 0.138. The number of nitrogens with one attached hydrogen (secondary N) is 2. The van der Waals surface area contributed by atoms with E-state index in [1.165, 1.54) is 5.56 Å². The number of carbonyl (C=O) groups is 1. The molecule has 3 rings (SSSR count). The maximum atomic E-state index is 11.3. The summed E-state index contributed by atoms with van der Waals surface area (Å²) in [5.41, 5.74) is 2.34. The first-order chi connectivity index (χ1) is 6.70. The van der Waals surface area contributed by atoms with Crippen LogP contribution in [0.1, 0.15) is 18.9 Å². The summed E-state index contributed by atoms with van der Waals surface area (Å²) in [7, 11) is 0. The van der Waals surface area contributed by atoms with Gasteiger partial charge < -0.3 is 10.6 Å². The molecule has 1 saturated heterocycles. The summed E-state index contributed by atoms with van der Waals surface area (Å²) >= 11 is 0. The molecule has 2 heterocycles. The van der Waals surface area contributed by atoms with Gasteiger partial charge in [0, 0.05) is 17.5 Å². The van der Waals surface area contributed by atoms with Crippen LogP contribution in [0.4, 0.5) is 5.69 Å². The molecule has 0 aromatic heterocycles. The Morgan fingerprint density at radius 2 is 2.14 bits per heavy atom. The van der Waals surface area contributed by atoms with Crippen LogP contribution in [0.2, 0.25) is 0 Å². The summed E-state index contributed by atoms with van der Waals surface area (Å²) in [6, 6.07) is 8.20. The molecule has 0 spiro atoms. The highest BCUT2D eigenvalue weighted by Gasteiger charge is 2.49. The molecule has 1 fully saturated rings. The van der Waals surface area contributed by atoms with Crippen molar-refractivity contribution >= 4 is 11.6 Å². The number of para-hydroxylation sites is 1. The van der Waals surface area contributed by atoms with Crippen molar-refractivity contribution in [2.75, 3.05) is 5.32 Å². The van der Waals surface area contributed by atoms with Gasteiger partial charge in [-0.2, -0.15) is 0 Å². The Hall–Kier alpha value is -1.51. The molecular weight excluding hydrogens is 176 g/mol. The van der Waals surface area contributed by atoms with Crippen LogP contribution in [0.15, 0.2) is 24.3 Å². The average molecular weight is 188 g/mol. The second kappa shape index (κ2) is 2.29. The third-order valence-electron chi connectivity index (χ3n) is 3.31. The van der Waals surface area contributed by atoms with Crippen LogP contribution in [0.25, 0.3) is 0 Å². The molecule has 14 heavy (non-hydrogen) atoms. The fraction of sp³-hybridized carbons (Fsp3) is 0.364. The number of rotatable bonds is 0. The number of benzene rings is 1. The maximum absolute atomic E-state index is 11.3. The second-order valence-corrected chi connectivity index (χ2v) is 4.28. The number of hydrogen-bond donors (Lipinski definition) is 2. The van der Waals surface area contributed by atoms with Gasteiger partial charge in [0.05, 0.1) is 0 Å². The monoisotopic (exact) mass is 188 g/mol. The third-order valence-corrected chi connectivity index (χ3v) is 3.31. The summed E-state index contributed by atoms with van der Waals surface area (Å²) in [4.78, 5) is 11.3. The maximum Gasteiger partial charge on any atom is 0.222 e.